The highest BCUT2D eigenvalue weighted by molar-refractivity contribution is 5.50. The summed E-state index contributed by atoms with van der Waals surface area (Å²) in [6, 6.07) is 8.82. The van der Waals surface area contributed by atoms with Gasteiger partial charge in [0.05, 0.1) is 12.4 Å². The lowest BCUT2D eigenvalue weighted by Crippen LogP contribution is -2.37. The molecule has 0 aliphatic rings. The third-order valence-corrected chi connectivity index (χ3v) is 5.63. The van der Waals surface area contributed by atoms with Crippen molar-refractivity contribution in [3.63, 3.8) is 0 Å². The Kier molecular flexibility index (Phi) is 6.06. The molecule has 0 aliphatic carbocycles. The van der Waals surface area contributed by atoms with Crippen LogP contribution in [0.3, 0.4) is 0 Å². The fraction of sp³-hybridized carbons (Fsp3) is 0.346. The van der Waals surface area contributed by atoms with E-state index in [0.29, 0.717) is 12.0 Å². The average Bonchev–Trinajstić information content (AvgIpc) is 3.02. The van der Waals surface area contributed by atoms with E-state index < -0.39 is 0 Å². The largest absolute Gasteiger partial charge is 0.617 e. The summed E-state index contributed by atoms with van der Waals surface area (Å²) in [5, 5.41) is 12.2. The first-order chi connectivity index (χ1) is 14.1. The van der Waals surface area contributed by atoms with Gasteiger partial charge in [-0.15, -0.1) is 0 Å². The van der Waals surface area contributed by atoms with E-state index in [1.54, 1.807) is 0 Å². The molecule has 0 aliphatic heterocycles. The molecule has 0 N–H and O–H groups in total. The Morgan fingerprint density at radius 3 is 1.90 bits per heavy atom. The first-order valence-electron chi connectivity index (χ1n) is 10.3. The molecule has 1 aromatic heterocycles. The highest BCUT2D eigenvalue weighted by Gasteiger charge is 2.25. The normalized spacial score (nSPS) is 12.1. The van der Waals surface area contributed by atoms with Crippen LogP contribution in [0.1, 0.15) is 46.1 Å². The van der Waals surface area contributed by atoms with Crippen molar-refractivity contribution in [3.05, 3.63) is 87.4 Å². The zero-order valence-corrected chi connectivity index (χ0v) is 19.4. The van der Waals surface area contributed by atoms with Crippen LogP contribution in [0.5, 0.6) is 0 Å². The molecule has 158 valence electrons. The molecule has 0 bridgehead atoms. The van der Waals surface area contributed by atoms with Crippen LogP contribution in [-0.4, -0.2) is 11.7 Å². The third-order valence-electron chi connectivity index (χ3n) is 5.63. The van der Waals surface area contributed by atoms with Crippen molar-refractivity contribution in [2.45, 2.75) is 54.9 Å². The standard InChI is InChI=1S/C26H32N2O2/c1-16-11-18(3)24(19(4)12-16)27-9-10-28(23(27)15-22(7)26(29)30-8)25-20(5)13-17(2)14-21(25)6/h9-14H,15H2,1-8H3/b26-22-. The number of rotatable bonds is 5. The Morgan fingerprint density at radius 1 is 0.900 bits per heavy atom. The Morgan fingerprint density at radius 2 is 1.40 bits per heavy atom. The SMILES string of the molecule is CO/C([O-])=C(/C)Cc1n(-c2c(C)cc(C)cc2C)cc[n+]1-c1c(C)cc(C)cc1C. The second kappa shape index (κ2) is 8.39. The van der Waals surface area contributed by atoms with Gasteiger partial charge in [0.1, 0.15) is 23.8 Å². The van der Waals surface area contributed by atoms with Crippen molar-refractivity contribution in [1.29, 1.82) is 0 Å². The summed E-state index contributed by atoms with van der Waals surface area (Å²) < 4.78 is 9.42. The number of allylic oxidation sites excluding steroid dienone is 1. The molecular weight excluding hydrogens is 372 g/mol. The van der Waals surface area contributed by atoms with Crippen LogP contribution >= 0.6 is 0 Å². The minimum Gasteiger partial charge on any atom is -0.617 e. The molecule has 30 heavy (non-hydrogen) atoms. The van der Waals surface area contributed by atoms with Gasteiger partial charge in [0, 0.05) is 0 Å². The van der Waals surface area contributed by atoms with Gasteiger partial charge in [-0.25, -0.2) is 0 Å². The lowest BCUT2D eigenvalue weighted by atomic mass is 10.0. The van der Waals surface area contributed by atoms with E-state index >= 15 is 0 Å². The van der Waals surface area contributed by atoms with E-state index in [9.17, 15) is 5.11 Å². The van der Waals surface area contributed by atoms with E-state index in [0.717, 1.165) is 17.2 Å². The van der Waals surface area contributed by atoms with Gasteiger partial charge >= 0.3 is 0 Å². The molecule has 0 unspecified atom stereocenters. The lowest BCUT2D eigenvalue weighted by molar-refractivity contribution is -0.604. The van der Waals surface area contributed by atoms with Gasteiger partial charge in [-0.1, -0.05) is 35.4 Å². The third kappa shape index (κ3) is 4.00. The second-order valence-electron chi connectivity index (χ2n) is 8.40. The number of aryl methyl sites for hydroxylation is 6. The molecule has 1 heterocycles. The number of aromatic nitrogens is 2. The van der Waals surface area contributed by atoms with E-state index in [-0.39, 0.29) is 5.95 Å². The van der Waals surface area contributed by atoms with Gasteiger partial charge in [0.2, 0.25) is 0 Å². The topological polar surface area (TPSA) is 41.1 Å². The van der Waals surface area contributed by atoms with Crippen molar-refractivity contribution in [1.82, 2.24) is 4.57 Å². The Balaban J connectivity index is 2.32. The van der Waals surface area contributed by atoms with Gasteiger partial charge in [-0.2, -0.15) is 9.13 Å². The van der Waals surface area contributed by atoms with Crippen molar-refractivity contribution in [2.75, 3.05) is 7.11 Å². The number of benzene rings is 2. The predicted octanol–water partition coefficient (Wildman–Crippen LogP) is 4.39. The molecule has 0 saturated heterocycles. The average molecular weight is 405 g/mol. The lowest BCUT2D eigenvalue weighted by Gasteiger charge is -2.16. The molecule has 0 amide bonds. The van der Waals surface area contributed by atoms with Gasteiger partial charge < -0.3 is 9.84 Å². The summed E-state index contributed by atoms with van der Waals surface area (Å²) in [5.74, 6) is 0.756. The smallest absolute Gasteiger partial charge is 0.271 e. The van der Waals surface area contributed by atoms with Gasteiger partial charge in [0.15, 0.2) is 0 Å². The van der Waals surface area contributed by atoms with Crippen LogP contribution in [-0.2, 0) is 11.2 Å². The first-order valence-corrected chi connectivity index (χ1v) is 10.3. The molecule has 0 radical (unpaired) electrons. The van der Waals surface area contributed by atoms with Crippen LogP contribution in [0, 0.1) is 41.5 Å². The zero-order valence-electron chi connectivity index (χ0n) is 19.4. The number of nitrogens with zero attached hydrogens (tertiary/aromatic N) is 2. The highest BCUT2D eigenvalue weighted by atomic mass is 16.6. The van der Waals surface area contributed by atoms with Crippen molar-refractivity contribution >= 4 is 0 Å². The van der Waals surface area contributed by atoms with Crippen LogP contribution in [0.4, 0.5) is 0 Å². The fourth-order valence-corrected chi connectivity index (χ4v) is 4.59. The number of methoxy groups -OCH3 is 1. The Hall–Kier alpha value is -3.01. The second-order valence-corrected chi connectivity index (χ2v) is 8.40. The molecular formula is C26H32N2O2. The van der Waals surface area contributed by atoms with Crippen molar-refractivity contribution in [3.8, 4) is 11.4 Å². The molecule has 0 spiro atoms. The molecule has 4 heteroatoms. The maximum absolute atomic E-state index is 12.2. The van der Waals surface area contributed by atoms with Crippen LogP contribution < -0.4 is 9.67 Å². The van der Waals surface area contributed by atoms with Crippen LogP contribution in [0.2, 0.25) is 0 Å². The number of hydrogen-bond acceptors (Lipinski definition) is 2. The Bertz CT molecular complexity index is 1010. The molecule has 2 aromatic carbocycles. The summed E-state index contributed by atoms with van der Waals surface area (Å²) >= 11 is 0. The summed E-state index contributed by atoms with van der Waals surface area (Å²) in [7, 11) is 1.43. The molecule has 0 fully saturated rings. The van der Waals surface area contributed by atoms with Gasteiger partial charge in [-0.05, 0) is 83.4 Å². The van der Waals surface area contributed by atoms with Crippen LogP contribution in [0.25, 0.3) is 11.4 Å². The summed E-state index contributed by atoms with van der Waals surface area (Å²) in [5.41, 5.74) is 10.3. The van der Waals surface area contributed by atoms with Crippen molar-refractivity contribution in [2.24, 2.45) is 0 Å². The molecule has 4 nitrogen and oxygen atoms in total. The Labute approximate surface area is 180 Å². The fourth-order valence-electron chi connectivity index (χ4n) is 4.59. The molecule has 0 saturated carbocycles. The van der Waals surface area contributed by atoms with Crippen LogP contribution in [0.15, 0.2) is 48.2 Å². The minimum absolute atomic E-state index is 0.274. The first kappa shape index (κ1) is 21.7. The van der Waals surface area contributed by atoms with Gasteiger partial charge in [-0.3, -0.25) is 0 Å². The summed E-state index contributed by atoms with van der Waals surface area (Å²) in [4.78, 5) is 0. The van der Waals surface area contributed by atoms with E-state index in [2.05, 4.69) is 87.3 Å². The van der Waals surface area contributed by atoms with E-state index in [4.69, 9.17) is 4.74 Å². The predicted molar refractivity (Wildman–Crippen MR) is 119 cm³/mol. The maximum atomic E-state index is 12.2. The van der Waals surface area contributed by atoms with E-state index in [1.807, 2.05) is 6.92 Å². The van der Waals surface area contributed by atoms with Crippen molar-refractivity contribution < 1.29 is 14.4 Å². The maximum Gasteiger partial charge on any atom is 0.271 e. The van der Waals surface area contributed by atoms with E-state index in [1.165, 1.54) is 40.5 Å². The minimum atomic E-state index is -0.274. The quantitative estimate of drug-likeness (QED) is 0.468. The summed E-state index contributed by atoms with van der Waals surface area (Å²) in [6.07, 6.45) is 4.70. The van der Waals surface area contributed by atoms with Gasteiger partial charge in [0.25, 0.3) is 5.82 Å². The zero-order chi connectivity index (χ0) is 22.2. The summed E-state index contributed by atoms with van der Waals surface area (Å²) in [6.45, 7) is 14.7. The number of imidazole rings is 1. The highest BCUT2D eigenvalue weighted by Crippen LogP contribution is 2.25. The number of ether oxygens (including phenoxy) is 1. The monoisotopic (exact) mass is 404 g/mol. The number of hydrogen-bond donors (Lipinski definition) is 0. The molecule has 0 atom stereocenters. The molecule has 3 rings (SSSR count). The molecule has 3 aromatic rings.